The Kier molecular flexibility index (Phi) is 7.38. The van der Waals surface area contributed by atoms with Gasteiger partial charge in [-0.2, -0.15) is 0 Å². The molecule has 2 rings (SSSR count). The first-order valence-corrected chi connectivity index (χ1v) is 8.66. The van der Waals surface area contributed by atoms with Crippen molar-refractivity contribution < 1.29 is 4.79 Å². The summed E-state index contributed by atoms with van der Waals surface area (Å²) >= 11 is 0. The summed E-state index contributed by atoms with van der Waals surface area (Å²) in [6.07, 6.45) is 5.92. The first-order chi connectivity index (χ1) is 11.3. The highest BCUT2D eigenvalue weighted by Crippen LogP contribution is 2.16. The fraction of sp³-hybridized carbons (Fsp3) is 0.381. The summed E-state index contributed by atoms with van der Waals surface area (Å²) < 4.78 is 0. The van der Waals surface area contributed by atoms with Gasteiger partial charge in [0.05, 0.1) is 0 Å². The number of nitrogens with one attached hydrogen (secondary N) is 1. The lowest BCUT2D eigenvalue weighted by atomic mass is 9.93. The van der Waals surface area contributed by atoms with Gasteiger partial charge >= 0.3 is 0 Å². The smallest absolute Gasteiger partial charge is 0.251 e. The molecule has 2 aromatic carbocycles. The zero-order valence-electron chi connectivity index (χ0n) is 14.0. The van der Waals surface area contributed by atoms with Crippen LogP contribution in [0.2, 0.25) is 0 Å². The molecule has 1 amide bonds. The molecule has 0 radical (unpaired) electrons. The zero-order valence-corrected chi connectivity index (χ0v) is 14.0. The molecule has 122 valence electrons. The van der Waals surface area contributed by atoms with E-state index in [9.17, 15) is 4.79 Å². The molecule has 0 saturated carbocycles. The first kappa shape index (κ1) is 17.3. The molecule has 0 saturated heterocycles. The van der Waals surface area contributed by atoms with Crippen molar-refractivity contribution in [1.29, 1.82) is 0 Å². The second kappa shape index (κ2) is 9.83. The maximum Gasteiger partial charge on any atom is 0.251 e. The van der Waals surface area contributed by atoms with Crippen LogP contribution in [0.4, 0.5) is 0 Å². The van der Waals surface area contributed by atoms with Gasteiger partial charge in [0, 0.05) is 12.1 Å². The van der Waals surface area contributed by atoms with Gasteiger partial charge in [0.25, 0.3) is 5.91 Å². The van der Waals surface area contributed by atoms with Crippen molar-refractivity contribution in [2.24, 2.45) is 5.92 Å². The molecule has 2 heteroatoms. The average molecular weight is 309 g/mol. The minimum Gasteiger partial charge on any atom is -0.352 e. The number of benzene rings is 2. The average Bonchev–Trinajstić information content (AvgIpc) is 2.61. The summed E-state index contributed by atoms with van der Waals surface area (Å²) in [5.74, 6) is 0.524. The van der Waals surface area contributed by atoms with E-state index in [1.54, 1.807) is 0 Å². The minimum atomic E-state index is 0.0270. The van der Waals surface area contributed by atoms with E-state index in [4.69, 9.17) is 0 Å². The number of amides is 1. The lowest BCUT2D eigenvalue weighted by Crippen LogP contribution is -2.30. The van der Waals surface area contributed by atoms with Gasteiger partial charge in [0.2, 0.25) is 0 Å². The Labute approximate surface area is 139 Å². The molecule has 0 bridgehead atoms. The summed E-state index contributed by atoms with van der Waals surface area (Å²) in [7, 11) is 0. The maximum absolute atomic E-state index is 12.2. The summed E-state index contributed by atoms with van der Waals surface area (Å²) in [6.45, 7) is 2.97. The van der Waals surface area contributed by atoms with Crippen LogP contribution in [-0.4, -0.2) is 12.5 Å². The van der Waals surface area contributed by atoms with E-state index >= 15 is 0 Å². The minimum absolute atomic E-state index is 0.0270. The van der Waals surface area contributed by atoms with E-state index in [1.807, 2.05) is 36.4 Å². The fourth-order valence-corrected chi connectivity index (χ4v) is 2.84. The van der Waals surface area contributed by atoms with Crippen molar-refractivity contribution in [2.45, 2.75) is 39.0 Å². The SMILES string of the molecule is CCCCCC(CNC(=O)c1ccccc1)Cc1ccccc1. The van der Waals surface area contributed by atoms with Gasteiger partial charge in [-0.05, 0) is 36.5 Å². The molecule has 0 fully saturated rings. The monoisotopic (exact) mass is 309 g/mol. The van der Waals surface area contributed by atoms with Crippen LogP contribution in [-0.2, 0) is 6.42 Å². The fourth-order valence-electron chi connectivity index (χ4n) is 2.84. The number of unbranched alkanes of at least 4 members (excludes halogenated alkanes) is 2. The normalized spacial score (nSPS) is 11.9. The molecule has 0 heterocycles. The quantitative estimate of drug-likeness (QED) is 0.659. The highest BCUT2D eigenvalue weighted by molar-refractivity contribution is 5.94. The summed E-state index contributed by atoms with van der Waals surface area (Å²) in [4.78, 5) is 12.2. The van der Waals surface area contributed by atoms with Crippen molar-refractivity contribution in [2.75, 3.05) is 6.54 Å². The van der Waals surface area contributed by atoms with E-state index in [0.717, 1.165) is 24.9 Å². The summed E-state index contributed by atoms with van der Waals surface area (Å²) in [6, 6.07) is 20.0. The Hall–Kier alpha value is -2.09. The molecule has 0 aromatic heterocycles. The Morgan fingerprint density at radius 1 is 0.957 bits per heavy atom. The van der Waals surface area contributed by atoms with Crippen LogP contribution in [0, 0.1) is 5.92 Å². The van der Waals surface area contributed by atoms with E-state index in [0.29, 0.717) is 5.92 Å². The molecule has 2 nitrogen and oxygen atoms in total. The van der Waals surface area contributed by atoms with Crippen molar-refractivity contribution in [3.63, 3.8) is 0 Å². The first-order valence-electron chi connectivity index (χ1n) is 8.66. The van der Waals surface area contributed by atoms with Crippen LogP contribution in [0.5, 0.6) is 0 Å². The standard InChI is InChI=1S/C21H27NO/c1-2-3-6-13-19(16-18-11-7-4-8-12-18)17-22-21(23)20-14-9-5-10-15-20/h4-5,7-12,14-15,19H,2-3,6,13,16-17H2,1H3,(H,22,23). The summed E-state index contributed by atoms with van der Waals surface area (Å²) in [5.41, 5.74) is 2.09. The van der Waals surface area contributed by atoms with Gasteiger partial charge < -0.3 is 5.32 Å². The Morgan fingerprint density at radius 3 is 2.26 bits per heavy atom. The van der Waals surface area contributed by atoms with E-state index < -0.39 is 0 Å². The molecule has 23 heavy (non-hydrogen) atoms. The number of rotatable bonds is 9. The third-order valence-electron chi connectivity index (χ3n) is 4.17. The topological polar surface area (TPSA) is 29.1 Å². The van der Waals surface area contributed by atoms with Crippen LogP contribution < -0.4 is 5.32 Å². The van der Waals surface area contributed by atoms with Crippen LogP contribution >= 0.6 is 0 Å². The molecule has 0 spiro atoms. The predicted molar refractivity (Wildman–Crippen MR) is 96.6 cm³/mol. The Morgan fingerprint density at radius 2 is 1.61 bits per heavy atom. The van der Waals surface area contributed by atoms with Gasteiger partial charge in [-0.3, -0.25) is 4.79 Å². The van der Waals surface area contributed by atoms with Gasteiger partial charge in [-0.15, -0.1) is 0 Å². The van der Waals surface area contributed by atoms with Crippen molar-refractivity contribution >= 4 is 5.91 Å². The van der Waals surface area contributed by atoms with E-state index in [1.165, 1.54) is 24.8 Å². The zero-order chi connectivity index (χ0) is 16.3. The Balaban J connectivity index is 1.90. The number of hydrogen-bond acceptors (Lipinski definition) is 1. The maximum atomic E-state index is 12.2. The van der Waals surface area contributed by atoms with Crippen LogP contribution in [0.3, 0.4) is 0 Å². The van der Waals surface area contributed by atoms with Crippen LogP contribution in [0.1, 0.15) is 48.5 Å². The molecule has 1 N–H and O–H groups in total. The highest BCUT2D eigenvalue weighted by Gasteiger charge is 2.12. The summed E-state index contributed by atoms with van der Waals surface area (Å²) in [5, 5.41) is 3.11. The van der Waals surface area contributed by atoms with Gasteiger partial charge in [0.1, 0.15) is 0 Å². The van der Waals surface area contributed by atoms with Gasteiger partial charge in [-0.25, -0.2) is 0 Å². The molecular formula is C21H27NO. The van der Waals surface area contributed by atoms with Crippen molar-refractivity contribution in [1.82, 2.24) is 5.32 Å². The van der Waals surface area contributed by atoms with Crippen LogP contribution in [0.15, 0.2) is 60.7 Å². The molecule has 1 atom stereocenters. The highest BCUT2D eigenvalue weighted by atomic mass is 16.1. The van der Waals surface area contributed by atoms with E-state index in [-0.39, 0.29) is 5.91 Å². The third-order valence-corrected chi connectivity index (χ3v) is 4.17. The lowest BCUT2D eigenvalue weighted by Gasteiger charge is -2.18. The molecule has 0 aliphatic rings. The number of carbonyl (C=O) groups is 1. The second-order valence-corrected chi connectivity index (χ2v) is 6.13. The Bertz CT molecular complexity index is 565. The molecule has 0 aliphatic carbocycles. The second-order valence-electron chi connectivity index (χ2n) is 6.13. The van der Waals surface area contributed by atoms with Gasteiger partial charge in [0.15, 0.2) is 0 Å². The molecule has 0 aliphatic heterocycles. The van der Waals surface area contributed by atoms with E-state index in [2.05, 4.69) is 36.5 Å². The molecule has 1 unspecified atom stereocenters. The predicted octanol–water partition coefficient (Wildman–Crippen LogP) is 4.86. The molecule has 2 aromatic rings. The number of carbonyl (C=O) groups excluding carboxylic acids is 1. The van der Waals surface area contributed by atoms with Crippen molar-refractivity contribution in [3.8, 4) is 0 Å². The largest absolute Gasteiger partial charge is 0.352 e. The van der Waals surface area contributed by atoms with Crippen LogP contribution in [0.25, 0.3) is 0 Å². The third kappa shape index (κ3) is 6.27. The number of hydrogen-bond donors (Lipinski definition) is 1. The van der Waals surface area contributed by atoms with Gasteiger partial charge in [-0.1, -0.05) is 74.7 Å². The lowest BCUT2D eigenvalue weighted by molar-refractivity contribution is 0.0946. The molecular weight excluding hydrogens is 282 g/mol. The van der Waals surface area contributed by atoms with Crippen molar-refractivity contribution in [3.05, 3.63) is 71.8 Å².